The van der Waals surface area contributed by atoms with Crippen LogP contribution in [0.4, 0.5) is 51.2 Å². The summed E-state index contributed by atoms with van der Waals surface area (Å²) in [6.07, 6.45) is 27.3. The lowest BCUT2D eigenvalue weighted by atomic mass is 10.1. The zero-order chi connectivity index (χ0) is 98.7. The molecule has 0 fully saturated rings. The van der Waals surface area contributed by atoms with Gasteiger partial charge < -0.3 is 78.1 Å². The molecule has 0 aliphatic rings. The number of hydrogen-bond acceptors (Lipinski definition) is 29. The molecule has 10 aromatic heterocycles. The van der Waals surface area contributed by atoms with E-state index in [1.807, 2.05) is 218 Å². The first kappa shape index (κ1) is 104. The average molecular weight is 1940 g/mol. The van der Waals surface area contributed by atoms with Crippen LogP contribution in [0.5, 0.6) is 46.0 Å². The van der Waals surface area contributed by atoms with Crippen molar-refractivity contribution >= 4 is 106 Å². The first-order chi connectivity index (χ1) is 68.5. The molecule has 0 saturated heterocycles. The van der Waals surface area contributed by atoms with Crippen molar-refractivity contribution in [3.8, 4) is 115 Å². The average Bonchev–Trinajstić information content (AvgIpc) is 1.24. The quantitative estimate of drug-likeness (QED) is 0.0352. The number of nitrogens with one attached hydrogen (secondary N) is 1. The van der Waals surface area contributed by atoms with Crippen molar-refractivity contribution in [3.05, 3.63) is 280 Å². The number of hydrogen-bond donors (Lipinski definition) is 3. The largest absolute Gasteiger partial charge is 0.497 e. The van der Waals surface area contributed by atoms with Gasteiger partial charge in [-0.3, -0.25) is 38.7 Å². The Balaban J connectivity index is 0.000000160. The van der Waals surface area contributed by atoms with Crippen LogP contribution in [0.1, 0.15) is 73.2 Å². The molecule has 0 amide bonds. The number of nitrogens with zero attached hydrogens (tertiary/aromatic N) is 21. The molecular formula is C111H119N23O10. The van der Waals surface area contributed by atoms with Gasteiger partial charge >= 0.3 is 0 Å². The van der Waals surface area contributed by atoms with Crippen molar-refractivity contribution in [1.82, 2.24) is 89.3 Å². The predicted molar refractivity (Wildman–Crippen MR) is 571 cm³/mol. The van der Waals surface area contributed by atoms with E-state index in [-0.39, 0.29) is 34.9 Å². The van der Waals surface area contributed by atoms with E-state index in [9.17, 15) is 5.11 Å². The number of furan rings is 1. The predicted octanol–water partition coefficient (Wildman–Crippen LogP) is 20.8. The van der Waals surface area contributed by atoms with Crippen molar-refractivity contribution in [2.45, 2.75) is 75.2 Å². The van der Waals surface area contributed by atoms with Crippen LogP contribution in [0.3, 0.4) is 0 Å². The molecular weight excluding hydrogens is 1820 g/mol. The Labute approximate surface area is 837 Å². The molecule has 0 radical (unpaired) electrons. The number of pyridine rings is 1. The lowest BCUT2D eigenvalue weighted by Crippen LogP contribution is -2.32. The Morgan fingerprint density at radius 1 is 0.417 bits per heavy atom. The van der Waals surface area contributed by atoms with Crippen LogP contribution in [0.15, 0.2) is 267 Å². The SMILES string of the molecule is C.C.C.C#CCN(c1cc(OC)cc(OC)c1)c1ccc2ncc(-c3cnn(C(C)C)c3)nc2c1.COc1cc(OC)cc(N(CC#Cc2cc(N)ccn2)c2ccc3ncc(-c4cnn(C)c4)nc3c2)c1.COc1cc(OC)cc(N(CCNC(C)C)c2ccc3ncc(-c4cnn(C)c4CO)nc3c2)c1.COc1cc(OC)cc(N(Cc2cc3ccccc3o2)c2ccc3ncc(-c4cnn(C)c4)nc3c2)c1. The Kier molecular flexibility index (Phi) is 34.4. The molecule has 0 atom stereocenters. The molecule has 0 aliphatic heterocycles. The summed E-state index contributed by atoms with van der Waals surface area (Å²) in [6.45, 7) is 11.1. The van der Waals surface area contributed by atoms with Gasteiger partial charge in [-0.15, -0.1) is 6.42 Å². The van der Waals surface area contributed by atoms with E-state index in [0.29, 0.717) is 82.9 Å². The van der Waals surface area contributed by atoms with Crippen LogP contribution < -0.4 is 68.5 Å². The number of rotatable bonds is 30. The molecule has 144 heavy (non-hydrogen) atoms. The van der Waals surface area contributed by atoms with E-state index in [2.05, 4.69) is 117 Å². The number of nitrogen functional groups attached to an aromatic ring is 1. The maximum atomic E-state index is 9.77. The summed E-state index contributed by atoms with van der Waals surface area (Å²) in [5, 5.41) is 31.5. The zero-order valence-corrected chi connectivity index (χ0v) is 80.9. The zero-order valence-electron chi connectivity index (χ0n) is 80.9. The molecule has 0 unspecified atom stereocenters. The number of terminal acetylenes is 1. The Bertz CT molecular complexity index is 7620. The number of methoxy groups -OCH3 is 8. The number of para-hydroxylation sites is 1. The van der Waals surface area contributed by atoms with Crippen LogP contribution in [0.25, 0.3) is 100 Å². The number of ether oxygens (including phenoxy) is 8. The lowest BCUT2D eigenvalue weighted by Gasteiger charge is -2.27. The number of anilines is 9. The van der Waals surface area contributed by atoms with E-state index < -0.39 is 0 Å². The summed E-state index contributed by atoms with van der Waals surface area (Å²) in [4.78, 5) is 50.6. The molecule has 19 aromatic rings. The van der Waals surface area contributed by atoms with Gasteiger partial charge in [0.25, 0.3) is 0 Å². The summed E-state index contributed by atoms with van der Waals surface area (Å²) < 4.78 is 57.2. The Morgan fingerprint density at radius 2 is 0.819 bits per heavy atom. The molecule has 738 valence electrons. The van der Waals surface area contributed by atoms with Crippen molar-refractivity contribution in [1.29, 1.82) is 0 Å². The molecule has 33 heteroatoms. The summed E-state index contributed by atoms with van der Waals surface area (Å²) in [5.74, 6) is 15.4. The fraction of sp³-hybridized carbons (Fsp3) is 0.234. The maximum Gasteiger partial charge on any atom is 0.134 e. The van der Waals surface area contributed by atoms with Crippen molar-refractivity contribution in [3.63, 3.8) is 0 Å². The highest BCUT2D eigenvalue weighted by Crippen LogP contribution is 2.41. The second kappa shape index (κ2) is 47.8. The van der Waals surface area contributed by atoms with E-state index in [0.717, 1.165) is 170 Å². The van der Waals surface area contributed by atoms with Crippen LogP contribution in [-0.4, -0.2) is 178 Å². The molecule has 33 nitrogen and oxygen atoms in total. The van der Waals surface area contributed by atoms with Crippen LogP contribution in [0.2, 0.25) is 0 Å². The Morgan fingerprint density at radius 3 is 1.22 bits per heavy atom. The number of fused-ring (bicyclic) bond motifs is 5. The number of aromatic nitrogens is 17. The molecule has 0 bridgehead atoms. The third-order valence-corrected chi connectivity index (χ3v) is 23.0. The van der Waals surface area contributed by atoms with Gasteiger partial charge in [0.1, 0.15) is 63.0 Å². The summed E-state index contributed by atoms with van der Waals surface area (Å²) in [7, 11) is 18.6. The highest BCUT2D eigenvalue weighted by molar-refractivity contribution is 5.88. The van der Waals surface area contributed by atoms with Gasteiger partial charge in [-0.05, 0) is 117 Å². The number of benzene rings is 9. The molecule has 0 saturated carbocycles. The molecule has 0 spiro atoms. The summed E-state index contributed by atoms with van der Waals surface area (Å²) in [5.41, 5.74) is 28.6. The van der Waals surface area contributed by atoms with Crippen LogP contribution in [0, 0.1) is 24.2 Å². The summed E-state index contributed by atoms with van der Waals surface area (Å²) in [6, 6.07) is 61.2. The van der Waals surface area contributed by atoms with Crippen LogP contribution >= 0.6 is 0 Å². The highest BCUT2D eigenvalue weighted by Gasteiger charge is 2.24. The number of aryl methyl sites for hydroxylation is 3. The number of nitrogens with two attached hydrogens (primary N) is 1. The minimum Gasteiger partial charge on any atom is -0.497 e. The molecule has 0 aliphatic carbocycles. The van der Waals surface area contributed by atoms with Crippen molar-refractivity contribution < 1.29 is 47.4 Å². The third-order valence-electron chi connectivity index (χ3n) is 23.0. The van der Waals surface area contributed by atoms with Crippen molar-refractivity contribution in [2.24, 2.45) is 21.1 Å². The highest BCUT2D eigenvalue weighted by atomic mass is 16.5. The smallest absolute Gasteiger partial charge is 0.134 e. The fourth-order valence-electron chi connectivity index (χ4n) is 15.7. The Hall–Kier alpha value is -17.7. The topological polar surface area (TPSA) is 346 Å². The van der Waals surface area contributed by atoms with E-state index in [4.69, 9.17) is 74.4 Å². The van der Waals surface area contributed by atoms with Gasteiger partial charge in [0.2, 0.25) is 0 Å². The normalized spacial score (nSPS) is 10.8. The first-order valence-corrected chi connectivity index (χ1v) is 45.2. The van der Waals surface area contributed by atoms with Gasteiger partial charge in [0.15, 0.2) is 0 Å². The second-order valence-electron chi connectivity index (χ2n) is 33.1. The van der Waals surface area contributed by atoms with Gasteiger partial charge in [-0.25, -0.2) is 24.9 Å². The minimum atomic E-state index is -0.125. The maximum absolute atomic E-state index is 9.77. The van der Waals surface area contributed by atoms with Crippen LogP contribution in [-0.2, 0) is 34.3 Å². The monoisotopic (exact) mass is 1930 g/mol. The molecule has 10 heterocycles. The first-order valence-electron chi connectivity index (χ1n) is 45.2. The molecule has 19 rings (SSSR count). The van der Waals surface area contributed by atoms with Gasteiger partial charge in [-0.2, -0.15) is 20.4 Å². The minimum absolute atomic E-state index is 0. The van der Waals surface area contributed by atoms with Gasteiger partial charge in [-0.1, -0.05) is 66.2 Å². The number of aliphatic hydroxyl groups excluding tert-OH is 1. The third kappa shape index (κ3) is 24.8. The van der Waals surface area contributed by atoms with E-state index in [1.54, 1.807) is 140 Å². The van der Waals surface area contributed by atoms with Gasteiger partial charge in [0.05, 0.1) is 205 Å². The summed E-state index contributed by atoms with van der Waals surface area (Å²) >= 11 is 0. The number of aliphatic hydroxyl groups is 1. The van der Waals surface area contributed by atoms with E-state index >= 15 is 0 Å². The van der Waals surface area contributed by atoms with Crippen molar-refractivity contribution in [2.75, 3.05) is 108 Å². The van der Waals surface area contributed by atoms with Gasteiger partial charge in [0, 0.05) is 223 Å². The fourth-order valence-corrected chi connectivity index (χ4v) is 15.7. The molecule has 9 aromatic carbocycles. The standard InChI is InChI=1S/C29H25N5O3.C28H25N7O2.C26H32N6O3.C25H25N5O2.3CH4/c1-33-17-20(15-31-33)28-16-30-26-9-8-21(13-27(26)32-28)34(22-11-23(35-2)14-24(12-22)36-3)18-25-10-19-6-4-5-7-29(19)37-25;1-34-18-19(16-32-34)28-17-31-26-7-6-22(14-27(26)33-28)35(10-4-5-21-11-20(29)8-9-30-21)23-12-24(36-2)15-25(13-23)37-3;1-17(2)27-8-9-32(19-10-20(34-4)13-21(11-19)35-5)18-6-7-23-24(12-18)30-25(15-28-23)22-14-29-31(3)26(22)16-33;1-6-9-29(20-10-21(31-4)13-22(11-20)32-5)19-7-8-23-24(12-19)28-25(15-26-23)18-14-27-30(16-18)17(2)3;;;/h4-17H,18H2,1-3H3;6-9,11-18H,10H2,1-3H3,(H2,29,30);6-7,10-15,17,27,33H,8-9,16H2,1-5H3;1,7-8,10-17H,9H2,2-5H3;3*1H4. The lowest BCUT2D eigenvalue weighted by molar-refractivity contribution is 0.271. The van der Waals surface area contributed by atoms with E-state index in [1.165, 1.54) is 0 Å². The molecule has 4 N–H and O–H groups in total. The second-order valence-corrected chi connectivity index (χ2v) is 33.1.